The SMILES string of the molecule is Cc1cc(Br)cc(NC(=O)N(CC(=O)O)CC(C)C)c1. The highest BCUT2D eigenvalue weighted by atomic mass is 79.9. The molecule has 0 saturated carbocycles. The highest BCUT2D eigenvalue weighted by Crippen LogP contribution is 2.19. The van der Waals surface area contributed by atoms with Crippen LogP contribution in [0.15, 0.2) is 22.7 Å². The highest BCUT2D eigenvalue weighted by Gasteiger charge is 2.18. The van der Waals surface area contributed by atoms with Gasteiger partial charge in [0.2, 0.25) is 0 Å². The van der Waals surface area contributed by atoms with Crippen LogP contribution in [0.25, 0.3) is 0 Å². The summed E-state index contributed by atoms with van der Waals surface area (Å²) < 4.78 is 0.862. The number of nitrogens with zero attached hydrogens (tertiary/aromatic N) is 1. The van der Waals surface area contributed by atoms with E-state index in [1.807, 2.05) is 32.9 Å². The number of aryl methyl sites for hydroxylation is 1. The number of anilines is 1. The van der Waals surface area contributed by atoms with Gasteiger partial charge >= 0.3 is 12.0 Å². The fourth-order valence-corrected chi connectivity index (χ4v) is 2.44. The largest absolute Gasteiger partial charge is 0.480 e. The molecule has 110 valence electrons. The topological polar surface area (TPSA) is 69.6 Å². The summed E-state index contributed by atoms with van der Waals surface area (Å²) >= 11 is 3.36. The van der Waals surface area contributed by atoms with Crippen molar-refractivity contribution in [2.45, 2.75) is 20.8 Å². The van der Waals surface area contributed by atoms with E-state index >= 15 is 0 Å². The summed E-state index contributed by atoms with van der Waals surface area (Å²) in [4.78, 5) is 24.3. The molecule has 6 heteroatoms. The summed E-state index contributed by atoms with van der Waals surface area (Å²) in [5.74, 6) is -0.824. The molecule has 0 spiro atoms. The Morgan fingerprint density at radius 1 is 1.35 bits per heavy atom. The van der Waals surface area contributed by atoms with E-state index in [1.165, 1.54) is 4.90 Å². The maximum atomic E-state index is 12.1. The van der Waals surface area contributed by atoms with Crippen LogP contribution in [0.3, 0.4) is 0 Å². The Morgan fingerprint density at radius 2 is 2.00 bits per heavy atom. The van der Waals surface area contributed by atoms with E-state index in [9.17, 15) is 9.59 Å². The van der Waals surface area contributed by atoms with Gasteiger partial charge in [0.15, 0.2) is 0 Å². The molecule has 0 aliphatic heterocycles. The second-order valence-corrected chi connectivity index (χ2v) is 6.03. The van der Waals surface area contributed by atoms with Crippen molar-refractivity contribution < 1.29 is 14.7 Å². The number of carboxylic acid groups (broad SMARTS) is 1. The second-order valence-electron chi connectivity index (χ2n) is 5.12. The van der Waals surface area contributed by atoms with Crippen molar-refractivity contribution in [2.75, 3.05) is 18.4 Å². The minimum Gasteiger partial charge on any atom is -0.480 e. The average Bonchev–Trinajstić information content (AvgIpc) is 2.24. The van der Waals surface area contributed by atoms with E-state index in [0.29, 0.717) is 12.2 Å². The smallest absolute Gasteiger partial charge is 0.323 e. The second kappa shape index (κ2) is 7.28. The van der Waals surface area contributed by atoms with Crippen LogP contribution in [-0.2, 0) is 4.79 Å². The zero-order valence-corrected chi connectivity index (χ0v) is 13.4. The molecule has 0 bridgehead atoms. The van der Waals surface area contributed by atoms with Gasteiger partial charge in [0.05, 0.1) is 0 Å². The molecular weight excluding hydrogens is 324 g/mol. The third kappa shape index (κ3) is 5.61. The van der Waals surface area contributed by atoms with Gasteiger partial charge in [0.1, 0.15) is 6.54 Å². The van der Waals surface area contributed by atoms with E-state index in [1.54, 1.807) is 6.07 Å². The molecule has 0 radical (unpaired) electrons. The standard InChI is InChI=1S/C14H19BrN2O3/c1-9(2)7-17(8-13(18)19)14(20)16-12-5-10(3)4-11(15)6-12/h4-6,9H,7-8H2,1-3H3,(H,16,20)(H,18,19). The first-order valence-electron chi connectivity index (χ1n) is 6.33. The Hall–Kier alpha value is -1.56. The van der Waals surface area contributed by atoms with Crippen molar-refractivity contribution >= 4 is 33.6 Å². The minimum absolute atomic E-state index is 0.198. The normalized spacial score (nSPS) is 10.4. The summed E-state index contributed by atoms with van der Waals surface area (Å²) in [6, 6.07) is 5.13. The van der Waals surface area contributed by atoms with E-state index < -0.39 is 12.0 Å². The molecule has 0 aliphatic carbocycles. The van der Waals surface area contributed by atoms with Gasteiger partial charge in [0, 0.05) is 16.7 Å². The number of rotatable bonds is 5. The van der Waals surface area contributed by atoms with Crippen LogP contribution in [0.2, 0.25) is 0 Å². The maximum absolute atomic E-state index is 12.1. The molecule has 0 fully saturated rings. The Labute approximate surface area is 127 Å². The molecule has 0 aromatic heterocycles. The van der Waals surface area contributed by atoms with Crippen molar-refractivity contribution in [2.24, 2.45) is 5.92 Å². The average molecular weight is 343 g/mol. The van der Waals surface area contributed by atoms with Crippen molar-refractivity contribution in [3.8, 4) is 0 Å². The van der Waals surface area contributed by atoms with Crippen LogP contribution in [-0.4, -0.2) is 35.1 Å². The molecule has 1 rings (SSSR count). The van der Waals surface area contributed by atoms with Gasteiger partial charge in [-0.1, -0.05) is 29.8 Å². The number of carbonyl (C=O) groups is 2. The molecule has 1 aromatic carbocycles. The number of hydrogen-bond acceptors (Lipinski definition) is 2. The first kappa shape index (κ1) is 16.5. The lowest BCUT2D eigenvalue weighted by Gasteiger charge is -2.23. The van der Waals surface area contributed by atoms with Crippen molar-refractivity contribution in [1.29, 1.82) is 0 Å². The maximum Gasteiger partial charge on any atom is 0.323 e. The van der Waals surface area contributed by atoms with E-state index in [-0.39, 0.29) is 12.5 Å². The predicted octanol–water partition coefficient (Wildman–Crippen LogP) is 3.33. The molecule has 2 amide bonds. The number of benzene rings is 1. The summed E-state index contributed by atoms with van der Waals surface area (Å²) in [7, 11) is 0. The Bertz CT molecular complexity index is 483. The Kier molecular flexibility index (Phi) is 6.01. The van der Waals surface area contributed by atoms with E-state index in [0.717, 1.165) is 10.0 Å². The van der Waals surface area contributed by atoms with Crippen LogP contribution in [0.5, 0.6) is 0 Å². The van der Waals surface area contributed by atoms with Crippen molar-refractivity contribution in [1.82, 2.24) is 4.90 Å². The van der Waals surface area contributed by atoms with Gasteiger partial charge in [-0.25, -0.2) is 4.79 Å². The Balaban J connectivity index is 2.81. The van der Waals surface area contributed by atoms with Gasteiger partial charge in [0.25, 0.3) is 0 Å². The first-order chi connectivity index (χ1) is 9.27. The van der Waals surface area contributed by atoms with Crippen LogP contribution >= 0.6 is 15.9 Å². The number of carboxylic acids is 1. The van der Waals surface area contributed by atoms with Gasteiger partial charge in [-0.05, 0) is 36.6 Å². The lowest BCUT2D eigenvalue weighted by atomic mass is 10.2. The van der Waals surface area contributed by atoms with E-state index in [2.05, 4.69) is 21.2 Å². The molecule has 0 saturated heterocycles. The van der Waals surface area contributed by atoms with Crippen LogP contribution in [0.4, 0.5) is 10.5 Å². The molecule has 0 atom stereocenters. The third-order valence-corrected chi connectivity index (χ3v) is 2.95. The summed E-state index contributed by atoms with van der Waals surface area (Å²) in [6.45, 7) is 5.88. The van der Waals surface area contributed by atoms with Gasteiger partial charge in [-0.2, -0.15) is 0 Å². The molecule has 0 aliphatic rings. The van der Waals surface area contributed by atoms with Crippen molar-refractivity contribution in [3.63, 3.8) is 0 Å². The quantitative estimate of drug-likeness (QED) is 0.862. The summed E-state index contributed by atoms with van der Waals surface area (Å²) in [6.07, 6.45) is 0. The van der Waals surface area contributed by atoms with Gasteiger partial charge in [-0.15, -0.1) is 0 Å². The van der Waals surface area contributed by atoms with Crippen LogP contribution in [0, 0.1) is 12.8 Å². The van der Waals surface area contributed by atoms with Crippen molar-refractivity contribution in [3.05, 3.63) is 28.2 Å². The molecule has 20 heavy (non-hydrogen) atoms. The fraction of sp³-hybridized carbons (Fsp3) is 0.429. The molecule has 5 nitrogen and oxygen atoms in total. The number of halogens is 1. The lowest BCUT2D eigenvalue weighted by Crippen LogP contribution is -2.40. The minimum atomic E-state index is -1.02. The zero-order chi connectivity index (χ0) is 15.3. The lowest BCUT2D eigenvalue weighted by molar-refractivity contribution is -0.137. The number of amides is 2. The van der Waals surface area contributed by atoms with E-state index in [4.69, 9.17) is 5.11 Å². The third-order valence-electron chi connectivity index (χ3n) is 2.49. The fourth-order valence-electron chi connectivity index (χ4n) is 1.83. The molecule has 0 unspecified atom stereocenters. The van der Waals surface area contributed by atoms with Gasteiger partial charge < -0.3 is 15.3 Å². The number of nitrogens with one attached hydrogen (secondary N) is 1. The number of carbonyl (C=O) groups excluding carboxylic acids is 1. The van der Waals surface area contributed by atoms with Gasteiger partial charge in [-0.3, -0.25) is 4.79 Å². The first-order valence-corrected chi connectivity index (χ1v) is 7.12. The number of aliphatic carboxylic acids is 1. The number of urea groups is 1. The Morgan fingerprint density at radius 3 is 2.50 bits per heavy atom. The molecular formula is C14H19BrN2O3. The molecule has 1 aromatic rings. The summed E-state index contributed by atoms with van der Waals surface area (Å²) in [5.41, 5.74) is 1.64. The van der Waals surface area contributed by atoms with Crippen LogP contribution < -0.4 is 5.32 Å². The zero-order valence-electron chi connectivity index (χ0n) is 11.8. The predicted molar refractivity (Wildman–Crippen MR) is 81.9 cm³/mol. The highest BCUT2D eigenvalue weighted by molar-refractivity contribution is 9.10. The van der Waals surface area contributed by atoms with Crippen LogP contribution in [0.1, 0.15) is 19.4 Å². The molecule has 0 heterocycles. The number of hydrogen-bond donors (Lipinski definition) is 2. The summed E-state index contributed by atoms with van der Waals surface area (Å²) in [5, 5.41) is 11.6. The monoisotopic (exact) mass is 342 g/mol. The molecule has 2 N–H and O–H groups in total.